The van der Waals surface area contributed by atoms with E-state index < -0.39 is 11.9 Å². The van der Waals surface area contributed by atoms with Gasteiger partial charge >= 0.3 is 17.9 Å². The number of allylic oxidation sites excluding steroid dienone is 2. The van der Waals surface area contributed by atoms with Crippen LogP contribution in [0.4, 0.5) is 0 Å². The van der Waals surface area contributed by atoms with Crippen molar-refractivity contribution in [1.82, 2.24) is 0 Å². The van der Waals surface area contributed by atoms with E-state index in [4.69, 9.17) is 9.84 Å². The number of carbonyl (C=O) groups is 3. The summed E-state index contributed by atoms with van der Waals surface area (Å²) in [5.41, 5.74) is 0. The van der Waals surface area contributed by atoms with Crippen molar-refractivity contribution in [3.05, 3.63) is 24.3 Å². The molecule has 106 valence electrons. The van der Waals surface area contributed by atoms with E-state index >= 15 is 0 Å². The van der Waals surface area contributed by atoms with Crippen LogP contribution in [0.15, 0.2) is 24.3 Å². The summed E-state index contributed by atoms with van der Waals surface area (Å²) in [7, 11) is 0. The van der Waals surface area contributed by atoms with Gasteiger partial charge in [0.2, 0.25) is 0 Å². The van der Waals surface area contributed by atoms with Crippen LogP contribution in [-0.2, 0) is 23.9 Å². The molecule has 0 aliphatic heterocycles. The standard InChI is InChI=1S/C13H18O6/c1-2-3-4-5-6-12(16)18-9-10-19-13(17)8-7-11(14)15/h2-3,7-8H,4-6,9-10H2,1H3,(H,14,15)/b3-2-,8-7+. The number of aliphatic carboxylic acids is 1. The maximum atomic E-state index is 11.2. The van der Waals surface area contributed by atoms with Crippen molar-refractivity contribution in [2.24, 2.45) is 0 Å². The zero-order valence-electron chi connectivity index (χ0n) is 10.8. The molecular formula is C13H18O6. The topological polar surface area (TPSA) is 89.9 Å². The molecule has 0 aromatic rings. The molecule has 1 N–H and O–H groups in total. The molecule has 0 heterocycles. The summed E-state index contributed by atoms with van der Waals surface area (Å²) >= 11 is 0. The fraction of sp³-hybridized carbons (Fsp3) is 0.462. The number of rotatable bonds is 9. The lowest BCUT2D eigenvalue weighted by atomic mass is 10.2. The molecule has 0 amide bonds. The quantitative estimate of drug-likeness (QED) is 0.295. The van der Waals surface area contributed by atoms with Crippen LogP contribution in [0.2, 0.25) is 0 Å². The number of carboxylic acids is 1. The minimum Gasteiger partial charge on any atom is -0.478 e. The largest absolute Gasteiger partial charge is 0.478 e. The first-order valence-electron chi connectivity index (χ1n) is 5.90. The molecule has 0 aromatic carbocycles. The maximum Gasteiger partial charge on any atom is 0.331 e. The second-order valence-electron chi connectivity index (χ2n) is 3.52. The summed E-state index contributed by atoms with van der Waals surface area (Å²) in [5.74, 6) is -2.36. The molecule has 0 rings (SSSR count). The molecule has 0 spiro atoms. The van der Waals surface area contributed by atoms with Crippen LogP contribution >= 0.6 is 0 Å². The Morgan fingerprint density at radius 2 is 1.79 bits per heavy atom. The van der Waals surface area contributed by atoms with Gasteiger partial charge in [0.05, 0.1) is 0 Å². The van der Waals surface area contributed by atoms with Gasteiger partial charge in [-0.1, -0.05) is 12.2 Å². The van der Waals surface area contributed by atoms with E-state index in [9.17, 15) is 14.4 Å². The minimum absolute atomic E-state index is 0.0326. The Balaban J connectivity index is 3.55. The SMILES string of the molecule is C/C=C\CCCC(=O)OCCOC(=O)/C=C/C(=O)O. The summed E-state index contributed by atoms with van der Waals surface area (Å²) in [5, 5.41) is 8.26. The highest BCUT2D eigenvalue weighted by atomic mass is 16.6. The van der Waals surface area contributed by atoms with Crippen LogP contribution in [0, 0.1) is 0 Å². The van der Waals surface area contributed by atoms with Gasteiger partial charge in [0.25, 0.3) is 0 Å². The van der Waals surface area contributed by atoms with Gasteiger partial charge in [0.15, 0.2) is 0 Å². The Labute approximate surface area is 111 Å². The van der Waals surface area contributed by atoms with E-state index in [0.29, 0.717) is 18.9 Å². The molecular weight excluding hydrogens is 252 g/mol. The first-order valence-corrected chi connectivity index (χ1v) is 5.90. The highest BCUT2D eigenvalue weighted by molar-refractivity contribution is 5.90. The number of hydrogen-bond donors (Lipinski definition) is 1. The summed E-state index contributed by atoms with van der Waals surface area (Å²) < 4.78 is 9.43. The number of carbonyl (C=O) groups excluding carboxylic acids is 2. The van der Waals surface area contributed by atoms with Crippen molar-refractivity contribution in [2.75, 3.05) is 13.2 Å². The molecule has 0 atom stereocenters. The fourth-order valence-corrected chi connectivity index (χ4v) is 1.09. The highest BCUT2D eigenvalue weighted by Crippen LogP contribution is 1.98. The van der Waals surface area contributed by atoms with Gasteiger partial charge < -0.3 is 14.6 Å². The van der Waals surface area contributed by atoms with Crippen LogP contribution in [0.1, 0.15) is 26.2 Å². The Kier molecular flexibility index (Phi) is 9.79. The van der Waals surface area contributed by atoms with Crippen LogP contribution in [0.25, 0.3) is 0 Å². The lowest BCUT2D eigenvalue weighted by Crippen LogP contribution is -2.12. The molecule has 0 bridgehead atoms. The summed E-state index contributed by atoms with van der Waals surface area (Å²) in [6, 6.07) is 0. The van der Waals surface area contributed by atoms with Gasteiger partial charge in [-0.3, -0.25) is 4.79 Å². The molecule has 0 aromatic heterocycles. The Morgan fingerprint density at radius 3 is 2.42 bits per heavy atom. The van der Waals surface area contributed by atoms with Gasteiger partial charge in [-0.15, -0.1) is 0 Å². The molecule has 6 heteroatoms. The third-order valence-electron chi connectivity index (χ3n) is 1.94. The molecule has 0 aliphatic carbocycles. The number of ether oxygens (including phenoxy) is 2. The number of unbranched alkanes of at least 4 members (excludes halogenated alkanes) is 1. The van der Waals surface area contributed by atoms with Crippen molar-refractivity contribution >= 4 is 17.9 Å². The van der Waals surface area contributed by atoms with Gasteiger partial charge in [0, 0.05) is 18.6 Å². The number of esters is 2. The zero-order chi connectivity index (χ0) is 14.5. The van der Waals surface area contributed by atoms with E-state index in [2.05, 4.69) is 4.74 Å². The summed E-state index contributed by atoms with van der Waals surface area (Å²) in [6.07, 6.45) is 7.19. The maximum absolute atomic E-state index is 11.2. The molecule has 6 nitrogen and oxygen atoms in total. The molecule has 0 saturated heterocycles. The third-order valence-corrected chi connectivity index (χ3v) is 1.94. The molecule has 0 saturated carbocycles. The lowest BCUT2D eigenvalue weighted by Gasteiger charge is -2.04. The van der Waals surface area contributed by atoms with Gasteiger partial charge in [-0.2, -0.15) is 0 Å². The Morgan fingerprint density at radius 1 is 1.11 bits per heavy atom. The predicted octanol–water partition coefficient (Wildman–Crippen LogP) is 1.46. The van der Waals surface area contributed by atoms with E-state index in [1.807, 2.05) is 19.1 Å². The van der Waals surface area contributed by atoms with Crippen molar-refractivity contribution in [3.63, 3.8) is 0 Å². The normalized spacial score (nSPS) is 10.8. The Bertz CT molecular complexity index is 356. The third kappa shape index (κ3) is 12.1. The van der Waals surface area contributed by atoms with Crippen LogP contribution < -0.4 is 0 Å². The molecule has 19 heavy (non-hydrogen) atoms. The first-order chi connectivity index (χ1) is 9.06. The molecule has 0 radical (unpaired) electrons. The van der Waals surface area contributed by atoms with Crippen molar-refractivity contribution < 1.29 is 29.0 Å². The summed E-state index contributed by atoms with van der Waals surface area (Å²) in [4.78, 5) is 32.2. The smallest absolute Gasteiger partial charge is 0.331 e. The van der Waals surface area contributed by atoms with Crippen LogP contribution in [0.3, 0.4) is 0 Å². The average Bonchev–Trinajstić information content (AvgIpc) is 2.37. The Hall–Kier alpha value is -2.11. The monoisotopic (exact) mass is 270 g/mol. The van der Waals surface area contributed by atoms with E-state index in [-0.39, 0.29) is 19.2 Å². The van der Waals surface area contributed by atoms with Crippen molar-refractivity contribution in [1.29, 1.82) is 0 Å². The van der Waals surface area contributed by atoms with Gasteiger partial charge in [0.1, 0.15) is 13.2 Å². The van der Waals surface area contributed by atoms with E-state index in [1.54, 1.807) is 0 Å². The van der Waals surface area contributed by atoms with Crippen LogP contribution in [0.5, 0.6) is 0 Å². The molecule has 0 fully saturated rings. The predicted molar refractivity (Wildman–Crippen MR) is 67.4 cm³/mol. The fourth-order valence-electron chi connectivity index (χ4n) is 1.09. The second kappa shape index (κ2) is 11.0. The zero-order valence-corrected chi connectivity index (χ0v) is 10.8. The number of hydrogen-bond acceptors (Lipinski definition) is 5. The van der Waals surface area contributed by atoms with Crippen LogP contribution in [-0.4, -0.2) is 36.2 Å². The highest BCUT2D eigenvalue weighted by Gasteiger charge is 2.03. The van der Waals surface area contributed by atoms with Gasteiger partial charge in [-0.25, -0.2) is 9.59 Å². The van der Waals surface area contributed by atoms with Gasteiger partial charge in [-0.05, 0) is 19.8 Å². The first kappa shape index (κ1) is 16.9. The minimum atomic E-state index is -1.23. The molecule has 0 aliphatic rings. The van der Waals surface area contributed by atoms with E-state index in [1.165, 1.54) is 0 Å². The molecule has 0 unspecified atom stereocenters. The van der Waals surface area contributed by atoms with Crippen molar-refractivity contribution in [3.8, 4) is 0 Å². The van der Waals surface area contributed by atoms with E-state index in [0.717, 1.165) is 12.5 Å². The summed E-state index contributed by atoms with van der Waals surface area (Å²) in [6.45, 7) is 1.78. The van der Waals surface area contributed by atoms with Crippen molar-refractivity contribution in [2.45, 2.75) is 26.2 Å². The second-order valence-corrected chi connectivity index (χ2v) is 3.52. The average molecular weight is 270 g/mol. The number of carboxylic acid groups (broad SMARTS) is 1. The lowest BCUT2D eigenvalue weighted by molar-refractivity contribution is -0.149.